The van der Waals surface area contributed by atoms with E-state index in [1.54, 1.807) is 0 Å². The molecule has 4 nitrogen and oxygen atoms in total. The normalized spacial score (nSPS) is 12.4. The molecule has 8 heteroatoms. The van der Waals surface area contributed by atoms with Crippen molar-refractivity contribution in [3.63, 3.8) is 0 Å². The van der Waals surface area contributed by atoms with Gasteiger partial charge in [-0.15, -0.1) is 0 Å². The quantitative estimate of drug-likeness (QED) is 0.587. The lowest BCUT2D eigenvalue weighted by Crippen LogP contribution is -2.26. The molecular weight excluding hydrogens is 273 g/mol. The van der Waals surface area contributed by atoms with Crippen LogP contribution in [0.4, 0.5) is 13.2 Å². The van der Waals surface area contributed by atoms with E-state index in [0.717, 1.165) is 0 Å². The number of aromatic nitrogens is 2. The van der Waals surface area contributed by atoms with Gasteiger partial charge >= 0.3 is 12.1 Å². The van der Waals surface area contributed by atoms with Gasteiger partial charge in [0.05, 0.1) is 0 Å². The zero-order valence-corrected chi connectivity index (χ0v) is 10.6. The number of alkyl halides is 3. The number of hydrogen-bond donors (Lipinski definition) is 0. The molecule has 0 unspecified atom stereocenters. The maximum absolute atomic E-state index is 12.7. The van der Waals surface area contributed by atoms with Crippen molar-refractivity contribution in [3.8, 4) is 0 Å². The molecule has 0 N–H and O–H groups in total. The van der Waals surface area contributed by atoms with Gasteiger partial charge in [0.2, 0.25) is 5.28 Å². The highest BCUT2D eigenvalue weighted by molar-refractivity contribution is 6.28. The second-order valence-corrected chi connectivity index (χ2v) is 4.74. The molecule has 0 fully saturated rings. The van der Waals surface area contributed by atoms with E-state index in [-0.39, 0.29) is 0 Å². The lowest BCUT2D eigenvalue weighted by molar-refractivity contribution is -0.142. The largest absolute Gasteiger partial charge is 0.456 e. The van der Waals surface area contributed by atoms with Crippen LogP contribution in [0.3, 0.4) is 0 Å². The van der Waals surface area contributed by atoms with Crippen molar-refractivity contribution in [2.75, 3.05) is 0 Å². The third kappa shape index (κ3) is 3.83. The van der Waals surface area contributed by atoms with Crippen LogP contribution in [-0.4, -0.2) is 21.5 Å². The molecular formula is C10H10ClF3N2O2. The summed E-state index contributed by atoms with van der Waals surface area (Å²) in [6.45, 7) is 4.61. The van der Waals surface area contributed by atoms with Crippen LogP contribution in [0.5, 0.6) is 0 Å². The Morgan fingerprint density at radius 3 is 2.33 bits per heavy atom. The van der Waals surface area contributed by atoms with Crippen molar-refractivity contribution >= 4 is 17.6 Å². The Labute approximate surface area is 106 Å². The van der Waals surface area contributed by atoms with E-state index in [1.165, 1.54) is 20.8 Å². The summed E-state index contributed by atoms with van der Waals surface area (Å²) in [5.74, 6) is -1.15. The van der Waals surface area contributed by atoms with Gasteiger partial charge in [-0.2, -0.15) is 13.2 Å². The van der Waals surface area contributed by atoms with Gasteiger partial charge in [-0.3, -0.25) is 0 Å². The van der Waals surface area contributed by atoms with Gasteiger partial charge in [0.1, 0.15) is 11.2 Å². The highest BCUT2D eigenvalue weighted by Gasteiger charge is 2.39. The predicted molar refractivity (Wildman–Crippen MR) is 57.2 cm³/mol. The second kappa shape index (κ2) is 4.72. The van der Waals surface area contributed by atoms with Crippen LogP contribution in [-0.2, 0) is 10.9 Å². The van der Waals surface area contributed by atoms with E-state index >= 15 is 0 Å². The summed E-state index contributed by atoms with van der Waals surface area (Å²) < 4.78 is 42.8. The van der Waals surface area contributed by atoms with Crippen LogP contribution in [0.15, 0.2) is 6.20 Å². The van der Waals surface area contributed by atoms with E-state index in [2.05, 4.69) is 9.97 Å². The SMILES string of the molecule is CC(C)(C)OC(=O)c1cnc(Cl)nc1C(F)(F)F. The predicted octanol–water partition coefficient (Wildman–Crippen LogP) is 3.10. The smallest absolute Gasteiger partial charge is 0.434 e. The number of nitrogens with zero attached hydrogens (tertiary/aromatic N) is 2. The fraction of sp³-hybridized carbons (Fsp3) is 0.500. The van der Waals surface area contributed by atoms with E-state index in [4.69, 9.17) is 16.3 Å². The fourth-order valence-electron chi connectivity index (χ4n) is 1.06. The van der Waals surface area contributed by atoms with Crippen molar-refractivity contribution in [1.29, 1.82) is 0 Å². The molecule has 100 valence electrons. The second-order valence-electron chi connectivity index (χ2n) is 4.40. The van der Waals surface area contributed by atoms with Gasteiger partial charge in [0.25, 0.3) is 0 Å². The summed E-state index contributed by atoms with van der Waals surface area (Å²) in [7, 11) is 0. The highest BCUT2D eigenvalue weighted by Crippen LogP contribution is 2.31. The molecule has 0 amide bonds. The average Bonchev–Trinajstić information content (AvgIpc) is 2.13. The number of ether oxygens (including phenoxy) is 1. The van der Waals surface area contributed by atoms with E-state index in [1.807, 2.05) is 0 Å². The lowest BCUT2D eigenvalue weighted by Gasteiger charge is -2.20. The van der Waals surface area contributed by atoms with E-state index in [0.29, 0.717) is 6.20 Å². The number of esters is 1. The van der Waals surface area contributed by atoms with E-state index < -0.39 is 34.3 Å². The van der Waals surface area contributed by atoms with Crippen molar-refractivity contribution < 1.29 is 22.7 Å². The molecule has 0 bridgehead atoms. The number of carbonyl (C=O) groups is 1. The number of hydrogen-bond acceptors (Lipinski definition) is 4. The summed E-state index contributed by atoms with van der Waals surface area (Å²) in [5, 5.41) is -0.588. The Morgan fingerprint density at radius 1 is 1.33 bits per heavy atom. The molecule has 0 radical (unpaired) electrons. The maximum Gasteiger partial charge on any atom is 0.434 e. The third-order valence-corrected chi connectivity index (χ3v) is 1.83. The van der Waals surface area contributed by atoms with Crippen LogP contribution in [0.2, 0.25) is 5.28 Å². The van der Waals surface area contributed by atoms with Gasteiger partial charge in [-0.1, -0.05) is 0 Å². The first-order valence-corrected chi connectivity index (χ1v) is 5.21. The minimum absolute atomic E-state index is 0.588. The molecule has 0 aliphatic rings. The Bertz CT molecular complexity index is 469. The van der Waals surface area contributed by atoms with Crippen LogP contribution < -0.4 is 0 Å². The minimum Gasteiger partial charge on any atom is -0.456 e. The van der Waals surface area contributed by atoms with Crippen LogP contribution in [0.25, 0.3) is 0 Å². The van der Waals surface area contributed by atoms with Crippen molar-refractivity contribution in [2.45, 2.75) is 32.5 Å². The van der Waals surface area contributed by atoms with Crippen LogP contribution in [0, 0.1) is 0 Å². The molecule has 1 aromatic rings. The summed E-state index contributed by atoms with van der Waals surface area (Å²) >= 11 is 5.29. The first-order chi connectivity index (χ1) is 8.00. The zero-order valence-electron chi connectivity index (χ0n) is 9.80. The van der Waals surface area contributed by atoms with E-state index in [9.17, 15) is 18.0 Å². The van der Waals surface area contributed by atoms with Crippen molar-refractivity contribution in [3.05, 3.63) is 22.7 Å². The summed E-state index contributed by atoms with van der Waals surface area (Å²) in [6.07, 6.45) is -4.11. The van der Waals surface area contributed by atoms with Gasteiger partial charge < -0.3 is 4.74 Å². The molecule has 1 rings (SSSR count). The third-order valence-electron chi connectivity index (χ3n) is 1.65. The molecule has 18 heavy (non-hydrogen) atoms. The molecule has 0 aliphatic heterocycles. The fourth-order valence-corrected chi connectivity index (χ4v) is 1.19. The maximum atomic E-state index is 12.7. The Kier molecular flexibility index (Phi) is 3.85. The first kappa shape index (κ1) is 14.7. The van der Waals surface area contributed by atoms with Crippen molar-refractivity contribution in [1.82, 2.24) is 9.97 Å². The van der Waals surface area contributed by atoms with Crippen LogP contribution >= 0.6 is 11.6 Å². The summed E-state index contributed by atoms with van der Waals surface area (Å²) in [4.78, 5) is 18.0. The molecule has 0 aliphatic carbocycles. The first-order valence-electron chi connectivity index (χ1n) is 4.84. The van der Waals surface area contributed by atoms with Crippen molar-refractivity contribution in [2.24, 2.45) is 0 Å². The number of carbonyl (C=O) groups excluding carboxylic acids is 1. The molecule has 0 spiro atoms. The lowest BCUT2D eigenvalue weighted by atomic mass is 10.1. The van der Waals surface area contributed by atoms with Crippen LogP contribution in [0.1, 0.15) is 36.8 Å². The molecule has 1 heterocycles. The Morgan fingerprint density at radius 2 is 1.89 bits per heavy atom. The molecule has 0 atom stereocenters. The minimum atomic E-state index is -4.81. The topological polar surface area (TPSA) is 52.1 Å². The highest BCUT2D eigenvalue weighted by atomic mass is 35.5. The molecule has 0 saturated carbocycles. The average molecular weight is 283 g/mol. The number of halogens is 4. The van der Waals surface area contributed by atoms with Gasteiger partial charge in [0, 0.05) is 6.20 Å². The standard InChI is InChI=1S/C10H10ClF3N2O2/c1-9(2,3)18-7(17)5-4-15-8(11)16-6(5)10(12,13)14/h4H,1-3H3. The number of rotatable bonds is 1. The Balaban J connectivity index is 3.21. The molecule has 0 saturated heterocycles. The summed E-state index contributed by atoms with van der Waals surface area (Å²) in [6, 6.07) is 0. The molecule has 0 aromatic carbocycles. The van der Waals surface area contributed by atoms with Gasteiger partial charge in [-0.25, -0.2) is 14.8 Å². The monoisotopic (exact) mass is 282 g/mol. The van der Waals surface area contributed by atoms with Gasteiger partial charge in [-0.05, 0) is 32.4 Å². The zero-order chi connectivity index (χ0) is 14.1. The Hall–Kier alpha value is -1.37. The molecule has 1 aromatic heterocycles. The van der Waals surface area contributed by atoms with Gasteiger partial charge in [0.15, 0.2) is 5.69 Å². The summed E-state index contributed by atoms with van der Waals surface area (Å²) in [5.41, 5.74) is -3.09.